The summed E-state index contributed by atoms with van der Waals surface area (Å²) in [5, 5.41) is 2.98. The zero-order valence-electron chi connectivity index (χ0n) is 5.80. The zero-order valence-corrected chi connectivity index (χ0v) is 7.37. The fourth-order valence-corrected chi connectivity index (χ4v) is 0.908. The van der Waals surface area contributed by atoms with Gasteiger partial charge in [0.1, 0.15) is 0 Å². The van der Waals surface area contributed by atoms with Crippen LogP contribution in [0.2, 0.25) is 0 Å². The Morgan fingerprint density at radius 2 is 2.40 bits per heavy atom. The Balaban J connectivity index is 3.21. The Kier molecular flexibility index (Phi) is 6.31. The number of hydrogen-bond donors (Lipinski definition) is 1. The van der Waals surface area contributed by atoms with E-state index in [1.807, 2.05) is 6.92 Å². The Morgan fingerprint density at radius 3 is 2.80 bits per heavy atom. The minimum atomic E-state index is -2.14. The van der Waals surface area contributed by atoms with E-state index in [0.717, 1.165) is 6.54 Å². The third-order valence-electron chi connectivity index (χ3n) is 1.01. The second-order valence-corrected chi connectivity index (χ2v) is 3.69. The maximum atomic E-state index is 10.1. The topological polar surface area (TPSA) is 52.2 Å². The van der Waals surface area contributed by atoms with Gasteiger partial charge in [0.25, 0.3) is 0 Å². The van der Waals surface area contributed by atoms with Crippen LogP contribution in [0.4, 0.5) is 0 Å². The molecule has 5 heteroatoms. The quantitative estimate of drug-likeness (QED) is 0.383. The van der Waals surface area contributed by atoms with Crippen molar-refractivity contribution in [3.05, 3.63) is 0 Å². The lowest BCUT2D eigenvalue weighted by atomic mass is 10.5. The maximum absolute atomic E-state index is 10.1. The summed E-state index contributed by atoms with van der Waals surface area (Å²) in [6.45, 7) is 3.45. The fourth-order valence-electron chi connectivity index (χ4n) is 0.489. The van der Waals surface area contributed by atoms with Gasteiger partial charge in [-0.15, -0.1) is 11.6 Å². The van der Waals surface area contributed by atoms with Crippen molar-refractivity contribution in [1.29, 1.82) is 0 Å². The van der Waals surface area contributed by atoms with Crippen LogP contribution in [0.15, 0.2) is 0 Å². The molecule has 0 aromatic rings. The minimum Gasteiger partial charge on any atom is -0.771 e. The van der Waals surface area contributed by atoms with Gasteiger partial charge in [0.15, 0.2) is 0 Å². The molecule has 10 heavy (non-hydrogen) atoms. The third-order valence-corrected chi connectivity index (χ3v) is 2.31. The normalized spacial score (nSPS) is 16.7. The minimum absolute atomic E-state index is 0.464. The van der Waals surface area contributed by atoms with Crippen LogP contribution < -0.4 is 5.32 Å². The molecule has 2 unspecified atom stereocenters. The number of halogens is 1. The standard InChI is InChI=1S/C5H12ClNO2S/c1-2-7-4-3-5(6)10(8)9/h5,7H,2-4H2,1H3,(H,8,9)/p-1. The van der Waals surface area contributed by atoms with E-state index in [1.165, 1.54) is 0 Å². The van der Waals surface area contributed by atoms with Crippen molar-refractivity contribution in [2.45, 2.75) is 18.1 Å². The van der Waals surface area contributed by atoms with Gasteiger partial charge in [0.05, 0.1) is 4.71 Å². The molecular formula is C5H11ClNO2S-. The highest BCUT2D eigenvalue weighted by atomic mass is 35.5. The first-order valence-corrected chi connectivity index (χ1v) is 4.68. The molecule has 0 saturated heterocycles. The Labute approximate surface area is 68.4 Å². The molecule has 0 radical (unpaired) electrons. The first-order valence-electron chi connectivity index (χ1n) is 3.11. The van der Waals surface area contributed by atoms with Crippen LogP contribution in [0, 0.1) is 0 Å². The van der Waals surface area contributed by atoms with E-state index in [9.17, 15) is 8.76 Å². The van der Waals surface area contributed by atoms with Crippen LogP contribution in [0.3, 0.4) is 0 Å². The maximum Gasteiger partial charge on any atom is 0.0967 e. The van der Waals surface area contributed by atoms with Crippen molar-refractivity contribution in [2.75, 3.05) is 13.1 Å². The fraction of sp³-hybridized carbons (Fsp3) is 1.00. The molecule has 0 aliphatic carbocycles. The second kappa shape index (κ2) is 6.09. The van der Waals surface area contributed by atoms with Crippen LogP contribution in [0.5, 0.6) is 0 Å². The van der Waals surface area contributed by atoms with Crippen LogP contribution in [-0.4, -0.2) is 26.6 Å². The zero-order chi connectivity index (χ0) is 7.98. The molecule has 2 atom stereocenters. The molecule has 0 bridgehead atoms. The molecule has 0 heterocycles. The summed E-state index contributed by atoms with van der Waals surface area (Å²) in [6.07, 6.45) is 0.464. The van der Waals surface area contributed by atoms with Crippen molar-refractivity contribution in [1.82, 2.24) is 5.32 Å². The van der Waals surface area contributed by atoms with Gasteiger partial charge in [-0.2, -0.15) is 0 Å². The summed E-state index contributed by atoms with van der Waals surface area (Å²) >= 11 is 3.26. The Hall–Kier alpha value is 0.360. The summed E-state index contributed by atoms with van der Waals surface area (Å²) in [5.41, 5.74) is 0. The lowest BCUT2D eigenvalue weighted by Gasteiger charge is -2.11. The second-order valence-electron chi connectivity index (χ2n) is 1.81. The molecule has 0 saturated carbocycles. The van der Waals surface area contributed by atoms with Gasteiger partial charge in [-0.25, -0.2) is 0 Å². The predicted molar refractivity (Wildman–Crippen MR) is 41.7 cm³/mol. The molecule has 0 aliphatic rings. The summed E-state index contributed by atoms with van der Waals surface area (Å²) in [4.78, 5) is 0. The van der Waals surface area contributed by atoms with E-state index >= 15 is 0 Å². The van der Waals surface area contributed by atoms with E-state index in [1.54, 1.807) is 0 Å². The molecule has 0 rings (SSSR count). The van der Waals surface area contributed by atoms with Gasteiger partial charge < -0.3 is 9.87 Å². The van der Waals surface area contributed by atoms with Crippen molar-refractivity contribution in [2.24, 2.45) is 0 Å². The molecule has 0 amide bonds. The number of nitrogens with one attached hydrogen (secondary N) is 1. The largest absolute Gasteiger partial charge is 0.771 e. The molecule has 3 nitrogen and oxygen atoms in total. The average molecular weight is 185 g/mol. The summed E-state index contributed by atoms with van der Waals surface area (Å²) in [5.74, 6) is 0. The van der Waals surface area contributed by atoms with Crippen molar-refractivity contribution >= 4 is 22.7 Å². The molecule has 0 aliphatic heterocycles. The summed E-state index contributed by atoms with van der Waals surface area (Å²) in [6, 6.07) is 0. The number of alkyl halides is 1. The van der Waals surface area contributed by atoms with Gasteiger partial charge >= 0.3 is 0 Å². The van der Waals surface area contributed by atoms with Gasteiger partial charge in [0.2, 0.25) is 0 Å². The van der Waals surface area contributed by atoms with E-state index in [-0.39, 0.29) is 0 Å². The van der Waals surface area contributed by atoms with Gasteiger partial charge in [-0.05, 0) is 30.6 Å². The summed E-state index contributed by atoms with van der Waals surface area (Å²) in [7, 11) is 0. The van der Waals surface area contributed by atoms with E-state index in [4.69, 9.17) is 11.6 Å². The molecule has 0 fully saturated rings. The molecule has 1 N–H and O–H groups in total. The Bertz CT molecular complexity index is 112. The first kappa shape index (κ1) is 10.4. The smallest absolute Gasteiger partial charge is 0.0967 e. The predicted octanol–water partition coefficient (Wildman–Crippen LogP) is 0.430. The third kappa shape index (κ3) is 5.17. The Morgan fingerprint density at radius 1 is 1.80 bits per heavy atom. The van der Waals surface area contributed by atoms with Crippen molar-refractivity contribution in [3.63, 3.8) is 0 Å². The number of rotatable bonds is 5. The molecule has 62 valence electrons. The number of hydrogen-bond acceptors (Lipinski definition) is 3. The molecule has 0 spiro atoms. The lowest BCUT2D eigenvalue weighted by Crippen LogP contribution is -2.19. The molecule has 0 aromatic heterocycles. The van der Waals surface area contributed by atoms with Gasteiger partial charge in [-0.1, -0.05) is 6.92 Å². The van der Waals surface area contributed by atoms with Crippen molar-refractivity contribution in [3.8, 4) is 0 Å². The van der Waals surface area contributed by atoms with Gasteiger partial charge in [0, 0.05) is 0 Å². The van der Waals surface area contributed by atoms with Gasteiger partial charge in [-0.3, -0.25) is 4.21 Å². The monoisotopic (exact) mass is 184 g/mol. The van der Waals surface area contributed by atoms with E-state index in [0.29, 0.717) is 13.0 Å². The van der Waals surface area contributed by atoms with Crippen LogP contribution in [-0.2, 0) is 11.1 Å². The van der Waals surface area contributed by atoms with E-state index < -0.39 is 15.8 Å². The summed E-state index contributed by atoms with van der Waals surface area (Å²) < 4.78 is 19.5. The highest BCUT2D eigenvalue weighted by Crippen LogP contribution is 2.03. The lowest BCUT2D eigenvalue weighted by molar-refractivity contribution is 0.528. The molecular weight excluding hydrogens is 174 g/mol. The van der Waals surface area contributed by atoms with Crippen LogP contribution in [0.25, 0.3) is 0 Å². The average Bonchev–Trinajstić information content (AvgIpc) is 1.88. The molecule has 0 aromatic carbocycles. The first-order chi connectivity index (χ1) is 4.68. The highest BCUT2D eigenvalue weighted by molar-refractivity contribution is 7.81. The van der Waals surface area contributed by atoms with Crippen LogP contribution >= 0.6 is 11.6 Å². The van der Waals surface area contributed by atoms with Crippen LogP contribution in [0.1, 0.15) is 13.3 Å². The highest BCUT2D eigenvalue weighted by Gasteiger charge is 2.01. The van der Waals surface area contributed by atoms with Crippen molar-refractivity contribution < 1.29 is 8.76 Å². The van der Waals surface area contributed by atoms with E-state index in [2.05, 4.69) is 5.32 Å². The SMILES string of the molecule is CCNCCC(Cl)S(=O)[O-].